The van der Waals surface area contributed by atoms with E-state index in [1.165, 1.54) is 18.9 Å². The molecule has 3 atom stereocenters. The van der Waals surface area contributed by atoms with Crippen LogP contribution in [0.3, 0.4) is 0 Å². The summed E-state index contributed by atoms with van der Waals surface area (Å²) in [5, 5.41) is 0.568. The highest BCUT2D eigenvalue weighted by atomic mass is 35.5. The summed E-state index contributed by atoms with van der Waals surface area (Å²) in [6.07, 6.45) is 3.65. The summed E-state index contributed by atoms with van der Waals surface area (Å²) in [4.78, 5) is 4.83. The Morgan fingerprint density at radius 2 is 2.10 bits per heavy atom. The highest BCUT2D eigenvalue weighted by molar-refractivity contribution is 6.30. The van der Waals surface area contributed by atoms with Crippen LogP contribution < -0.4 is 5.73 Å². The highest BCUT2D eigenvalue weighted by Gasteiger charge is 2.37. The lowest BCUT2D eigenvalue weighted by Crippen LogP contribution is -2.41. The maximum absolute atomic E-state index is 14.2. The number of hydrogen-bond donors (Lipinski definition) is 1. The van der Waals surface area contributed by atoms with Crippen LogP contribution in [0.2, 0.25) is 5.02 Å². The number of hydrogen-bond acceptors (Lipinski definition) is 3. The van der Waals surface area contributed by atoms with Crippen LogP contribution in [0.25, 0.3) is 0 Å². The number of rotatable bonds is 3. The van der Waals surface area contributed by atoms with Crippen LogP contribution in [0.15, 0.2) is 18.2 Å². The Bertz CT molecular complexity index is 510. The van der Waals surface area contributed by atoms with Gasteiger partial charge in [-0.2, -0.15) is 0 Å². The predicted octanol–water partition coefficient (Wildman–Crippen LogP) is 2.65. The summed E-state index contributed by atoms with van der Waals surface area (Å²) in [5.74, 6) is -0.211. The molecule has 1 aromatic carbocycles. The molecule has 0 aromatic heterocycles. The van der Waals surface area contributed by atoms with Crippen molar-refractivity contribution in [2.75, 3.05) is 26.7 Å². The second-order valence-corrected chi connectivity index (χ2v) is 6.69. The molecule has 3 nitrogen and oxygen atoms in total. The summed E-state index contributed by atoms with van der Waals surface area (Å²) >= 11 is 6.04. The molecule has 21 heavy (non-hydrogen) atoms. The molecule has 2 fully saturated rings. The zero-order valence-electron chi connectivity index (χ0n) is 12.4. The molecule has 2 heterocycles. The Morgan fingerprint density at radius 1 is 1.33 bits per heavy atom. The van der Waals surface area contributed by atoms with E-state index < -0.39 is 0 Å². The van der Waals surface area contributed by atoms with Gasteiger partial charge in [-0.3, -0.25) is 9.80 Å². The van der Waals surface area contributed by atoms with Crippen LogP contribution in [0, 0.1) is 5.82 Å². The minimum atomic E-state index is -0.211. The first kappa shape index (κ1) is 15.2. The second kappa shape index (κ2) is 6.21. The van der Waals surface area contributed by atoms with Crippen molar-refractivity contribution in [2.24, 2.45) is 5.73 Å². The van der Waals surface area contributed by atoms with Gasteiger partial charge in [0.15, 0.2) is 0 Å². The van der Waals surface area contributed by atoms with Gasteiger partial charge in [0.1, 0.15) is 5.82 Å². The van der Waals surface area contributed by atoms with Crippen molar-refractivity contribution in [2.45, 2.75) is 37.4 Å². The number of halogens is 2. The molecule has 3 rings (SSSR count). The summed E-state index contributed by atoms with van der Waals surface area (Å²) in [5.41, 5.74) is 6.60. The summed E-state index contributed by atoms with van der Waals surface area (Å²) in [6.45, 7) is 2.35. The van der Waals surface area contributed by atoms with Gasteiger partial charge in [-0.15, -0.1) is 0 Å². The van der Waals surface area contributed by atoms with Gasteiger partial charge in [0.25, 0.3) is 0 Å². The minimum Gasteiger partial charge on any atom is -0.329 e. The Balaban J connectivity index is 1.84. The molecule has 2 saturated heterocycles. The molecule has 5 heteroatoms. The van der Waals surface area contributed by atoms with E-state index in [0.717, 1.165) is 19.5 Å². The number of nitrogens with two attached hydrogens (primary N) is 1. The normalized spacial score (nSPS) is 28.6. The molecule has 2 N–H and O–H groups in total. The quantitative estimate of drug-likeness (QED) is 0.931. The van der Waals surface area contributed by atoms with Gasteiger partial charge in [0, 0.05) is 42.3 Å². The fraction of sp³-hybridized carbons (Fsp3) is 0.625. The van der Waals surface area contributed by atoms with Crippen molar-refractivity contribution in [1.82, 2.24) is 9.80 Å². The van der Waals surface area contributed by atoms with Gasteiger partial charge in [-0.1, -0.05) is 11.6 Å². The van der Waals surface area contributed by atoms with E-state index in [0.29, 0.717) is 29.2 Å². The number of benzene rings is 1. The minimum absolute atomic E-state index is 0.0866. The van der Waals surface area contributed by atoms with Gasteiger partial charge in [0.2, 0.25) is 0 Å². The monoisotopic (exact) mass is 311 g/mol. The molecule has 0 aliphatic carbocycles. The van der Waals surface area contributed by atoms with Crippen LogP contribution in [-0.2, 0) is 0 Å². The van der Waals surface area contributed by atoms with Crippen LogP contribution in [-0.4, -0.2) is 48.6 Å². The molecule has 0 amide bonds. The van der Waals surface area contributed by atoms with Gasteiger partial charge in [-0.05, 0) is 44.5 Å². The van der Waals surface area contributed by atoms with E-state index >= 15 is 0 Å². The van der Waals surface area contributed by atoms with Gasteiger partial charge >= 0.3 is 0 Å². The summed E-state index contributed by atoms with van der Waals surface area (Å²) < 4.78 is 14.2. The van der Waals surface area contributed by atoms with Crippen molar-refractivity contribution in [3.63, 3.8) is 0 Å². The van der Waals surface area contributed by atoms with E-state index in [9.17, 15) is 4.39 Å². The zero-order valence-corrected chi connectivity index (χ0v) is 13.2. The van der Waals surface area contributed by atoms with E-state index in [4.69, 9.17) is 17.3 Å². The SMILES string of the molecule is CN1C2CCC1CN(C(CN)c1cc(Cl)ccc1F)CC2. The first-order valence-corrected chi connectivity index (χ1v) is 8.09. The van der Waals surface area contributed by atoms with E-state index in [-0.39, 0.29) is 11.9 Å². The van der Waals surface area contributed by atoms with Crippen molar-refractivity contribution in [3.05, 3.63) is 34.6 Å². The van der Waals surface area contributed by atoms with Crippen LogP contribution in [0.5, 0.6) is 0 Å². The molecule has 0 radical (unpaired) electrons. The molecular formula is C16H23ClFN3. The van der Waals surface area contributed by atoms with Gasteiger partial charge in [-0.25, -0.2) is 4.39 Å². The number of nitrogens with zero attached hydrogens (tertiary/aromatic N) is 2. The Hall–Kier alpha value is -0.680. The van der Waals surface area contributed by atoms with Crippen LogP contribution in [0.1, 0.15) is 30.9 Å². The molecule has 3 unspecified atom stereocenters. The average Bonchev–Trinajstić information content (AvgIpc) is 2.70. The first-order valence-electron chi connectivity index (χ1n) is 7.71. The molecule has 2 aliphatic heterocycles. The molecular weight excluding hydrogens is 289 g/mol. The van der Waals surface area contributed by atoms with E-state index in [1.54, 1.807) is 12.1 Å². The smallest absolute Gasteiger partial charge is 0.128 e. The second-order valence-electron chi connectivity index (χ2n) is 6.25. The first-order chi connectivity index (χ1) is 10.1. The molecule has 116 valence electrons. The fourth-order valence-corrected chi connectivity index (χ4v) is 4.04. The Morgan fingerprint density at radius 3 is 2.86 bits per heavy atom. The van der Waals surface area contributed by atoms with E-state index in [2.05, 4.69) is 16.8 Å². The van der Waals surface area contributed by atoms with Crippen molar-refractivity contribution in [3.8, 4) is 0 Å². The Kier molecular flexibility index (Phi) is 4.50. The highest BCUT2D eigenvalue weighted by Crippen LogP contribution is 2.33. The van der Waals surface area contributed by atoms with Crippen molar-refractivity contribution in [1.29, 1.82) is 0 Å². The predicted molar refractivity (Wildman–Crippen MR) is 84.0 cm³/mol. The number of likely N-dealkylation sites (N-methyl/N-ethyl adjacent to an activating group) is 1. The molecule has 2 bridgehead atoms. The fourth-order valence-electron chi connectivity index (χ4n) is 3.86. The topological polar surface area (TPSA) is 32.5 Å². The maximum Gasteiger partial charge on any atom is 0.128 e. The van der Waals surface area contributed by atoms with Crippen molar-refractivity contribution >= 4 is 11.6 Å². The molecule has 2 aliphatic rings. The summed E-state index contributed by atoms with van der Waals surface area (Å²) in [7, 11) is 2.21. The maximum atomic E-state index is 14.2. The lowest BCUT2D eigenvalue weighted by molar-refractivity contribution is 0.172. The number of likely N-dealkylation sites (tertiary alicyclic amines) is 1. The largest absolute Gasteiger partial charge is 0.329 e. The van der Waals surface area contributed by atoms with Gasteiger partial charge in [0.05, 0.1) is 6.04 Å². The molecule has 1 aromatic rings. The lowest BCUT2D eigenvalue weighted by atomic mass is 10.0. The summed E-state index contributed by atoms with van der Waals surface area (Å²) in [6, 6.07) is 5.90. The van der Waals surface area contributed by atoms with Crippen LogP contribution >= 0.6 is 11.6 Å². The molecule has 0 saturated carbocycles. The van der Waals surface area contributed by atoms with Gasteiger partial charge < -0.3 is 5.73 Å². The number of fused-ring (bicyclic) bond motifs is 2. The van der Waals surface area contributed by atoms with Crippen molar-refractivity contribution < 1.29 is 4.39 Å². The Labute approximate surface area is 130 Å². The lowest BCUT2D eigenvalue weighted by Gasteiger charge is -2.33. The third kappa shape index (κ3) is 2.95. The molecule has 0 spiro atoms. The van der Waals surface area contributed by atoms with E-state index in [1.807, 2.05) is 0 Å². The third-order valence-corrected chi connectivity index (χ3v) is 5.40. The van der Waals surface area contributed by atoms with Crippen LogP contribution in [0.4, 0.5) is 4.39 Å². The zero-order chi connectivity index (χ0) is 15.0. The standard InChI is InChI=1S/C16H23ClFN3/c1-20-12-3-4-13(20)10-21(7-6-12)16(9-19)14-8-11(17)2-5-15(14)18/h2,5,8,12-13,16H,3-4,6-7,9-10,19H2,1H3. The average molecular weight is 312 g/mol. The third-order valence-electron chi connectivity index (χ3n) is 5.16.